The quantitative estimate of drug-likeness (QED) is 0.528. The van der Waals surface area contributed by atoms with Crippen LogP contribution in [-0.4, -0.2) is 15.8 Å². The number of aromatic nitrogens is 2. The molecule has 0 aliphatic heterocycles. The molecule has 0 fully saturated rings. The van der Waals surface area contributed by atoms with Crippen LogP contribution in [0.3, 0.4) is 0 Å². The van der Waals surface area contributed by atoms with Gasteiger partial charge >= 0.3 is 0 Å². The number of rotatable bonds is 7. The largest absolute Gasteiger partial charge is 0.273 e. The van der Waals surface area contributed by atoms with Gasteiger partial charge in [0.2, 0.25) is 0 Å². The molecule has 1 aromatic rings. The molecule has 0 aliphatic rings. The maximum Gasteiger partial charge on any atom is 0.0492 e. The molecule has 1 rings (SSSR count). The summed E-state index contributed by atoms with van der Waals surface area (Å²) in [6.45, 7) is 2.20. The van der Waals surface area contributed by atoms with Crippen molar-refractivity contribution >= 4 is 0 Å². The van der Waals surface area contributed by atoms with Crippen LogP contribution in [0.1, 0.15) is 38.3 Å². The predicted molar refractivity (Wildman–Crippen MR) is 62.2 cm³/mol. The molecule has 0 aliphatic carbocycles. The van der Waals surface area contributed by atoms with Crippen LogP contribution in [0.15, 0.2) is 12.3 Å². The Bertz CT molecular complexity index is 269. The summed E-state index contributed by atoms with van der Waals surface area (Å²) < 4.78 is 1.92. The topological polar surface area (TPSA) is 55.9 Å². The molecule has 4 heteroatoms. The van der Waals surface area contributed by atoms with Crippen LogP contribution in [0.25, 0.3) is 0 Å². The molecule has 1 unspecified atom stereocenters. The molecular weight excluding hydrogens is 188 g/mol. The van der Waals surface area contributed by atoms with Crippen LogP contribution >= 0.6 is 0 Å². The number of nitrogens with two attached hydrogens (primary N) is 1. The maximum absolute atomic E-state index is 5.52. The second-order valence-corrected chi connectivity index (χ2v) is 3.99. The third kappa shape index (κ3) is 4.01. The average molecular weight is 210 g/mol. The van der Waals surface area contributed by atoms with E-state index in [1.807, 2.05) is 17.9 Å². The van der Waals surface area contributed by atoms with Crippen molar-refractivity contribution in [3.8, 4) is 0 Å². The summed E-state index contributed by atoms with van der Waals surface area (Å²) in [6, 6.07) is 2.49. The van der Waals surface area contributed by atoms with Crippen molar-refractivity contribution in [2.24, 2.45) is 12.9 Å². The minimum Gasteiger partial charge on any atom is -0.273 e. The molecule has 86 valence electrons. The van der Waals surface area contributed by atoms with Crippen LogP contribution in [0.2, 0.25) is 0 Å². The van der Waals surface area contributed by atoms with E-state index in [0.29, 0.717) is 6.04 Å². The fraction of sp³-hybridized carbons (Fsp3) is 0.727. The number of unbranched alkanes of at least 4 members (excludes halogenated alkanes) is 1. The predicted octanol–water partition coefficient (Wildman–Crippen LogP) is 1.37. The van der Waals surface area contributed by atoms with Crippen molar-refractivity contribution in [2.75, 3.05) is 0 Å². The number of nitrogens with zero attached hydrogens (tertiary/aromatic N) is 2. The lowest BCUT2D eigenvalue weighted by Crippen LogP contribution is -2.35. The van der Waals surface area contributed by atoms with Crippen LogP contribution < -0.4 is 11.3 Å². The Labute approximate surface area is 91.8 Å². The second kappa shape index (κ2) is 6.58. The van der Waals surface area contributed by atoms with Gasteiger partial charge in [-0.25, -0.2) is 0 Å². The summed E-state index contributed by atoms with van der Waals surface area (Å²) in [7, 11) is 1.98. The first-order valence-corrected chi connectivity index (χ1v) is 5.71. The second-order valence-electron chi connectivity index (χ2n) is 3.99. The molecule has 1 aromatic heterocycles. The minimum absolute atomic E-state index is 0.430. The SMILES string of the molecule is CCCCC(CCc1ccnn1C)NN. The van der Waals surface area contributed by atoms with Gasteiger partial charge in [0.25, 0.3) is 0 Å². The van der Waals surface area contributed by atoms with Gasteiger partial charge in [-0.1, -0.05) is 19.8 Å². The van der Waals surface area contributed by atoms with Crippen molar-refractivity contribution in [3.63, 3.8) is 0 Å². The van der Waals surface area contributed by atoms with E-state index < -0.39 is 0 Å². The van der Waals surface area contributed by atoms with Crippen molar-refractivity contribution in [3.05, 3.63) is 18.0 Å². The van der Waals surface area contributed by atoms with Crippen LogP contribution in [0.5, 0.6) is 0 Å². The molecule has 15 heavy (non-hydrogen) atoms. The zero-order valence-corrected chi connectivity index (χ0v) is 9.74. The fourth-order valence-corrected chi connectivity index (χ4v) is 1.73. The lowest BCUT2D eigenvalue weighted by atomic mass is 10.0. The smallest absolute Gasteiger partial charge is 0.0492 e. The lowest BCUT2D eigenvalue weighted by molar-refractivity contribution is 0.444. The Balaban J connectivity index is 2.31. The van der Waals surface area contributed by atoms with Gasteiger partial charge in [0.05, 0.1) is 0 Å². The molecule has 0 saturated carbocycles. The Morgan fingerprint density at radius 1 is 1.53 bits per heavy atom. The zero-order valence-electron chi connectivity index (χ0n) is 9.74. The van der Waals surface area contributed by atoms with Gasteiger partial charge in [0.1, 0.15) is 0 Å². The number of hydrazine groups is 1. The molecule has 0 aromatic carbocycles. The number of aryl methyl sites for hydroxylation is 2. The first kappa shape index (κ1) is 12.2. The summed E-state index contributed by atoms with van der Waals surface area (Å²) in [6.07, 6.45) is 7.58. The third-order valence-corrected chi connectivity index (χ3v) is 2.81. The van der Waals surface area contributed by atoms with Crippen LogP contribution in [0, 0.1) is 0 Å². The molecule has 4 nitrogen and oxygen atoms in total. The molecule has 0 saturated heterocycles. The highest BCUT2D eigenvalue weighted by atomic mass is 15.3. The van der Waals surface area contributed by atoms with Gasteiger partial charge in [0, 0.05) is 25.0 Å². The lowest BCUT2D eigenvalue weighted by Gasteiger charge is -2.15. The van der Waals surface area contributed by atoms with E-state index in [9.17, 15) is 0 Å². The maximum atomic E-state index is 5.52. The van der Waals surface area contributed by atoms with E-state index in [1.54, 1.807) is 0 Å². The summed E-state index contributed by atoms with van der Waals surface area (Å²) in [5.41, 5.74) is 4.16. The number of hydrogen-bond donors (Lipinski definition) is 2. The molecule has 0 spiro atoms. The van der Waals surface area contributed by atoms with E-state index in [-0.39, 0.29) is 0 Å². The molecular formula is C11H22N4. The van der Waals surface area contributed by atoms with E-state index in [2.05, 4.69) is 23.5 Å². The molecule has 1 atom stereocenters. The van der Waals surface area contributed by atoms with E-state index in [4.69, 9.17) is 5.84 Å². The molecule has 0 amide bonds. The van der Waals surface area contributed by atoms with Gasteiger partial charge in [0.15, 0.2) is 0 Å². The van der Waals surface area contributed by atoms with Crippen molar-refractivity contribution in [1.29, 1.82) is 0 Å². The van der Waals surface area contributed by atoms with E-state index in [0.717, 1.165) is 19.3 Å². The number of hydrogen-bond acceptors (Lipinski definition) is 3. The zero-order chi connectivity index (χ0) is 11.1. The minimum atomic E-state index is 0.430. The normalized spacial score (nSPS) is 13.0. The first-order valence-electron chi connectivity index (χ1n) is 5.71. The first-order chi connectivity index (χ1) is 7.27. The third-order valence-electron chi connectivity index (χ3n) is 2.81. The Kier molecular flexibility index (Phi) is 5.36. The van der Waals surface area contributed by atoms with Gasteiger partial charge in [-0.2, -0.15) is 5.10 Å². The highest BCUT2D eigenvalue weighted by Crippen LogP contribution is 2.08. The molecule has 3 N–H and O–H groups in total. The Hall–Kier alpha value is -0.870. The highest BCUT2D eigenvalue weighted by Gasteiger charge is 2.07. The Morgan fingerprint density at radius 2 is 2.33 bits per heavy atom. The van der Waals surface area contributed by atoms with Crippen molar-refractivity contribution < 1.29 is 0 Å². The van der Waals surface area contributed by atoms with E-state index in [1.165, 1.54) is 18.5 Å². The number of nitrogens with one attached hydrogen (secondary N) is 1. The Morgan fingerprint density at radius 3 is 2.87 bits per heavy atom. The van der Waals surface area contributed by atoms with Crippen molar-refractivity contribution in [1.82, 2.24) is 15.2 Å². The monoisotopic (exact) mass is 210 g/mol. The average Bonchev–Trinajstić information content (AvgIpc) is 2.65. The summed E-state index contributed by atoms with van der Waals surface area (Å²) in [5, 5.41) is 4.15. The van der Waals surface area contributed by atoms with Gasteiger partial charge in [-0.15, -0.1) is 0 Å². The van der Waals surface area contributed by atoms with Gasteiger partial charge in [-0.3, -0.25) is 16.0 Å². The van der Waals surface area contributed by atoms with Crippen LogP contribution in [-0.2, 0) is 13.5 Å². The highest BCUT2D eigenvalue weighted by molar-refractivity contribution is 5.00. The van der Waals surface area contributed by atoms with Crippen LogP contribution in [0.4, 0.5) is 0 Å². The van der Waals surface area contributed by atoms with Gasteiger partial charge in [-0.05, 0) is 25.3 Å². The van der Waals surface area contributed by atoms with Gasteiger partial charge < -0.3 is 0 Å². The summed E-state index contributed by atoms with van der Waals surface area (Å²) in [5.74, 6) is 5.52. The summed E-state index contributed by atoms with van der Waals surface area (Å²) >= 11 is 0. The molecule has 0 bridgehead atoms. The molecule has 1 heterocycles. The fourth-order valence-electron chi connectivity index (χ4n) is 1.73. The summed E-state index contributed by atoms with van der Waals surface area (Å²) in [4.78, 5) is 0. The molecule has 0 radical (unpaired) electrons. The standard InChI is InChI=1S/C11H22N4/c1-3-4-5-10(14-12)6-7-11-8-9-13-15(11)2/h8-10,14H,3-7,12H2,1-2H3. The van der Waals surface area contributed by atoms with Crippen molar-refractivity contribution in [2.45, 2.75) is 45.1 Å². The van der Waals surface area contributed by atoms with E-state index >= 15 is 0 Å².